The Morgan fingerprint density at radius 3 is 2.21 bits per heavy atom. The van der Waals surface area contributed by atoms with Crippen LogP contribution in [-0.2, 0) is 0 Å². The molecule has 0 spiro atoms. The molecule has 1 heterocycles. The maximum Gasteiger partial charge on any atom is 0.337 e. The lowest BCUT2D eigenvalue weighted by Gasteiger charge is -2.15. The second kappa shape index (κ2) is 4.90. The predicted molar refractivity (Wildman–Crippen MR) is 73.5 cm³/mol. The molecule has 1 aromatic carbocycles. The van der Waals surface area contributed by atoms with E-state index in [1.54, 1.807) is 12.1 Å². The summed E-state index contributed by atoms with van der Waals surface area (Å²) in [4.78, 5) is 22.3. The normalized spacial score (nSPS) is 10.5. The molecule has 0 aliphatic carbocycles. The Balaban J connectivity index is 2.64. The zero-order chi connectivity index (χ0) is 14.2. The minimum atomic E-state index is -1.06. The van der Waals surface area contributed by atoms with E-state index in [9.17, 15) is 9.59 Å². The molecular weight excluding hydrogens is 266 g/mol. The van der Waals surface area contributed by atoms with Crippen LogP contribution < -0.4 is 5.43 Å². The van der Waals surface area contributed by atoms with Crippen LogP contribution in [0, 0.1) is 13.8 Å². The van der Waals surface area contributed by atoms with Gasteiger partial charge in [0.15, 0.2) is 5.43 Å². The van der Waals surface area contributed by atoms with E-state index >= 15 is 0 Å². The highest BCUT2D eigenvalue weighted by Gasteiger charge is 2.11. The summed E-state index contributed by atoms with van der Waals surface area (Å²) in [5.74, 6) is -1.06. The number of nitrogens with zero attached hydrogens (tertiary/aromatic N) is 1. The fraction of sp³-hybridized carbons (Fsp3) is 0.143. The molecule has 1 aromatic heterocycles. The largest absolute Gasteiger partial charge is 0.478 e. The van der Waals surface area contributed by atoms with Crippen LogP contribution in [0.25, 0.3) is 5.69 Å². The molecule has 2 rings (SSSR count). The first-order chi connectivity index (χ1) is 8.90. The van der Waals surface area contributed by atoms with Crippen LogP contribution in [0.2, 0.25) is 5.02 Å². The summed E-state index contributed by atoms with van der Waals surface area (Å²) < 4.78 is 1.85. The van der Waals surface area contributed by atoms with E-state index in [0.717, 1.165) is 17.1 Å². The molecule has 5 heteroatoms. The molecule has 0 radical (unpaired) electrons. The predicted octanol–water partition coefficient (Wildman–Crippen LogP) is 2.81. The van der Waals surface area contributed by atoms with Crippen molar-refractivity contribution in [1.29, 1.82) is 0 Å². The number of hydrogen-bond donors (Lipinski definition) is 1. The van der Waals surface area contributed by atoms with Gasteiger partial charge in [-0.15, -0.1) is 0 Å². The average Bonchev–Trinajstić information content (AvgIpc) is 2.26. The average molecular weight is 278 g/mol. The van der Waals surface area contributed by atoms with Crippen molar-refractivity contribution >= 4 is 17.6 Å². The fourth-order valence-electron chi connectivity index (χ4n) is 2.08. The standard InChI is InChI=1S/C14H12ClNO3/c1-8-5-11(17)6-9(2)16(8)10-3-4-12(14(18)19)13(15)7-10/h3-7H,1-2H3,(H,18,19). The Morgan fingerprint density at radius 2 is 1.74 bits per heavy atom. The third-order valence-corrected chi connectivity index (χ3v) is 3.16. The van der Waals surface area contributed by atoms with E-state index in [4.69, 9.17) is 16.7 Å². The van der Waals surface area contributed by atoms with Gasteiger partial charge in [-0.1, -0.05) is 11.6 Å². The second-order valence-corrected chi connectivity index (χ2v) is 4.69. The van der Waals surface area contributed by atoms with Crippen molar-refractivity contribution in [2.45, 2.75) is 13.8 Å². The molecule has 1 N–H and O–H groups in total. The zero-order valence-electron chi connectivity index (χ0n) is 10.5. The number of benzene rings is 1. The molecule has 19 heavy (non-hydrogen) atoms. The lowest BCUT2D eigenvalue weighted by atomic mass is 10.2. The molecule has 0 aliphatic heterocycles. The number of carboxylic acids is 1. The highest BCUT2D eigenvalue weighted by molar-refractivity contribution is 6.33. The molecule has 98 valence electrons. The van der Waals surface area contributed by atoms with Gasteiger partial charge in [0.2, 0.25) is 0 Å². The maximum absolute atomic E-state index is 11.4. The first-order valence-electron chi connectivity index (χ1n) is 5.63. The highest BCUT2D eigenvalue weighted by Crippen LogP contribution is 2.22. The van der Waals surface area contributed by atoms with E-state index < -0.39 is 5.97 Å². The van der Waals surface area contributed by atoms with Crippen LogP contribution in [0.15, 0.2) is 35.1 Å². The van der Waals surface area contributed by atoms with Crippen molar-refractivity contribution in [2.75, 3.05) is 0 Å². The van der Waals surface area contributed by atoms with E-state index in [2.05, 4.69) is 0 Å². The van der Waals surface area contributed by atoms with Crippen molar-refractivity contribution in [2.24, 2.45) is 0 Å². The molecule has 0 bridgehead atoms. The molecule has 0 saturated carbocycles. The number of aromatic carboxylic acids is 1. The Morgan fingerprint density at radius 1 is 1.16 bits per heavy atom. The van der Waals surface area contributed by atoms with Crippen molar-refractivity contribution in [3.63, 3.8) is 0 Å². The van der Waals surface area contributed by atoms with Crippen molar-refractivity contribution < 1.29 is 9.90 Å². The van der Waals surface area contributed by atoms with Gasteiger partial charge in [-0.3, -0.25) is 4.79 Å². The third-order valence-electron chi connectivity index (χ3n) is 2.85. The summed E-state index contributed by atoms with van der Waals surface area (Å²) in [5, 5.41) is 9.11. The van der Waals surface area contributed by atoms with Gasteiger partial charge in [0.25, 0.3) is 0 Å². The van der Waals surface area contributed by atoms with Gasteiger partial charge in [0.05, 0.1) is 10.6 Å². The third kappa shape index (κ3) is 2.53. The lowest BCUT2D eigenvalue weighted by Crippen LogP contribution is -2.11. The first kappa shape index (κ1) is 13.4. The molecule has 0 amide bonds. The van der Waals surface area contributed by atoms with Gasteiger partial charge >= 0.3 is 5.97 Å². The number of rotatable bonds is 2. The van der Waals surface area contributed by atoms with Gasteiger partial charge in [0.1, 0.15) is 0 Å². The summed E-state index contributed by atoms with van der Waals surface area (Å²) in [6.07, 6.45) is 0. The zero-order valence-corrected chi connectivity index (χ0v) is 11.2. The summed E-state index contributed by atoms with van der Waals surface area (Å²) in [6, 6.07) is 7.74. The Hall–Kier alpha value is -2.07. The minimum Gasteiger partial charge on any atom is -0.478 e. The van der Waals surface area contributed by atoms with E-state index in [1.165, 1.54) is 18.2 Å². The second-order valence-electron chi connectivity index (χ2n) is 4.28. The van der Waals surface area contributed by atoms with Gasteiger partial charge in [-0.05, 0) is 32.0 Å². The smallest absolute Gasteiger partial charge is 0.337 e. The Labute approximate surface area is 114 Å². The molecule has 0 atom stereocenters. The van der Waals surface area contributed by atoms with Crippen LogP contribution in [0.1, 0.15) is 21.7 Å². The molecule has 0 fully saturated rings. The minimum absolute atomic E-state index is 0.0560. The van der Waals surface area contributed by atoms with E-state index in [-0.39, 0.29) is 16.0 Å². The number of aryl methyl sites for hydroxylation is 2. The van der Waals surface area contributed by atoms with Crippen molar-refractivity contribution in [3.05, 3.63) is 62.5 Å². The molecule has 0 unspecified atom stereocenters. The van der Waals surface area contributed by atoms with Gasteiger partial charge < -0.3 is 9.67 Å². The highest BCUT2D eigenvalue weighted by atomic mass is 35.5. The van der Waals surface area contributed by atoms with Crippen LogP contribution in [-0.4, -0.2) is 15.6 Å². The Bertz CT molecular complexity index is 693. The van der Waals surface area contributed by atoms with E-state index in [0.29, 0.717) is 0 Å². The first-order valence-corrected chi connectivity index (χ1v) is 6.01. The number of carbonyl (C=O) groups is 1. The summed E-state index contributed by atoms with van der Waals surface area (Å²) in [5.41, 5.74) is 2.26. The monoisotopic (exact) mass is 277 g/mol. The molecular formula is C14H12ClNO3. The molecule has 0 aliphatic rings. The quantitative estimate of drug-likeness (QED) is 0.918. The molecule has 0 saturated heterocycles. The van der Waals surface area contributed by atoms with E-state index in [1.807, 2.05) is 18.4 Å². The SMILES string of the molecule is Cc1cc(=O)cc(C)n1-c1ccc(C(=O)O)c(Cl)c1. The van der Waals surface area contributed by atoms with Crippen molar-refractivity contribution in [1.82, 2.24) is 4.57 Å². The summed E-state index contributed by atoms with van der Waals surface area (Å²) >= 11 is 5.95. The van der Waals surface area contributed by atoms with Crippen molar-refractivity contribution in [3.8, 4) is 5.69 Å². The van der Waals surface area contributed by atoms with Crippen LogP contribution in [0.5, 0.6) is 0 Å². The van der Waals surface area contributed by atoms with Gasteiger partial charge in [-0.25, -0.2) is 4.79 Å². The summed E-state index contributed by atoms with van der Waals surface area (Å²) in [7, 11) is 0. The number of hydrogen-bond acceptors (Lipinski definition) is 2. The van der Waals surface area contributed by atoms with Crippen LogP contribution in [0.3, 0.4) is 0 Å². The number of pyridine rings is 1. The van der Waals surface area contributed by atoms with Gasteiger partial charge in [-0.2, -0.15) is 0 Å². The van der Waals surface area contributed by atoms with Crippen LogP contribution >= 0.6 is 11.6 Å². The Kier molecular flexibility index (Phi) is 3.44. The number of aromatic nitrogens is 1. The lowest BCUT2D eigenvalue weighted by molar-refractivity contribution is 0.0697. The fourth-order valence-corrected chi connectivity index (χ4v) is 2.34. The number of halogens is 1. The molecule has 4 nitrogen and oxygen atoms in total. The molecule has 2 aromatic rings. The maximum atomic E-state index is 11.4. The topological polar surface area (TPSA) is 59.3 Å². The summed E-state index contributed by atoms with van der Waals surface area (Å²) in [6.45, 7) is 3.63. The number of carboxylic acid groups (broad SMARTS) is 1. The van der Waals surface area contributed by atoms with Gasteiger partial charge in [0, 0.05) is 29.2 Å². The van der Waals surface area contributed by atoms with Crippen LogP contribution in [0.4, 0.5) is 0 Å².